The highest BCUT2D eigenvalue weighted by Gasteiger charge is 2.19. The van der Waals surface area contributed by atoms with Gasteiger partial charge in [0.15, 0.2) is 0 Å². The Hall–Kier alpha value is -2.74. The van der Waals surface area contributed by atoms with E-state index in [1.807, 2.05) is 0 Å². The van der Waals surface area contributed by atoms with Gasteiger partial charge in [-0.1, -0.05) is 30.3 Å². The van der Waals surface area contributed by atoms with Crippen LogP contribution in [0.3, 0.4) is 0 Å². The van der Waals surface area contributed by atoms with Crippen LogP contribution in [0, 0.1) is 13.8 Å². The molecule has 0 radical (unpaired) electrons. The second-order valence-corrected chi connectivity index (χ2v) is 6.45. The standard InChI is InChI=1S/C21H16N2/c1-12-9-17-16-8-7-15-11-14-5-3-4-6-18(14)22-20(15)21(16)23-19(17)10-13(12)2/h3-10H,11H2,1-2H3. The summed E-state index contributed by atoms with van der Waals surface area (Å²) in [7, 11) is 0. The molecule has 0 spiro atoms. The third kappa shape index (κ3) is 1.75. The maximum Gasteiger partial charge on any atom is 0.0975 e. The van der Waals surface area contributed by atoms with Crippen LogP contribution >= 0.6 is 0 Å². The molecular weight excluding hydrogens is 280 g/mol. The Kier molecular flexibility index (Phi) is 2.44. The van der Waals surface area contributed by atoms with Gasteiger partial charge in [-0.2, -0.15) is 0 Å². The maximum atomic E-state index is 4.91. The summed E-state index contributed by atoms with van der Waals surface area (Å²) >= 11 is 0. The van der Waals surface area contributed by atoms with Crippen LogP contribution < -0.4 is 10.7 Å². The second kappa shape index (κ2) is 4.39. The summed E-state index contributed by atoms with van der Waals surface area (Å²) in [6, 6.07) is 17.3. The first-order valence-electron chi connectivity index (χ1n) is 7.99. The van der Waals surface area contributed by atoms with Crippen LogP contribution in [0.2, 0.25) is 0 Å². The van der Waals surface area contributed by atoms with Crippen molar-refractivity contribution >= 4 is 11.4 Å². The van der Waals surface area contributed by atoms with E-state index in [0.29, 0.717) is 0 Å². The summed E-state index contributed by atoms with van der Waals surface area (Å²) in [6.07, 6.45) is 0.937. The van der Waals surface area contributed by atoms with E-state index in [-0.39, 0.29) is 0 Å². The monoisotopic (exact) mass is 296 g/mol. The number of rotatable bonds is 0. The lowest BCUT2D eigenvalue weighted by atomic mass is 9.95. The summed E-state index contributed by atoms with van der Waals surface area (Å²) in [5.74, 6) is 0. The fraction of sp³-hybridized carbons (Fsp3) is 0.143. The first-order valence-corrected chi connectivity index (χ1v) is 7.99. The number of benzene rings is 3. The number of para-hydroxylation sites is 1. The molecule has 110 valence electrons. The Morgan fingerprint density at radius 1 is 0.696 bits per heavy atom. The number of aryl methyl sites for hydroxylation is 2. The molecule has 2 nitrogen and oxygen atoms in total. The van der Waals surface area contributed by atoms with Gasteiger partial charge in [0.05, 0.1) is 22.1 Å². The van der Waals surface area contributed by atoms with E-state index in [9.17, 15) is 0 Å². The fourth-order valence-electron chi connectivity index (χ4n) is 3.54. The molecule has 0 atom stereocenters. The van der Waals surface area contributed by atoms with Crippen molar-refractivity contribution in [3.63, 3.8) is 0 Å². The third-order valence-electron chi connectivity index (χ3n) is 4.97. The molecule has 0 saturated heterocycles. The predicted molar refractivity (Wildman–Crippen MR) is 92.2 cm³/mol. The molecule has 2 heterocycles. The van der Waals surface area contributed by atoms with E-state index in [1.165, 1.54) is 33.4 Å². The van der Waals surface area contributed by atoms with Crippen LogP contribution in [-0.4, -0.2) is 0 Å². The van der Waals surface area contributed by atoms with E-state index in [4.69, 9.17) is 9.98 Å². The first kappa shape index (κ1) is 12.8. The van der Waals surface area contributed by atoms with Gasteiger partial charge < -0.3 is 0 Å². The normalized spacial score (nSPS) is 13.3. The molecule has 5 rings (SSSR count). The highest BCUT2D eigenvalue weighted by atomic mass is 14.8. The van der Waals surface area contributed by atoms with Crippen LogP contribution in [-0.2, 0) is 6.42 Å². The van der Waals surface area contributed by atoms with Crippen LogP contribution in [0.4, 0.5) is 11.4 Å². The van der Waals surface area contributed by atoms with Gasteiger partial charge in [-0.3, -0.25) is 0 Å². The Morgan fingerprint density at radius 3 is 2.39 bits per heavy atom. The van der Waals surface area contributed by atoms with Gasteiger partial charge >= 0.3 is 0 Å². The van der Waals surface area contributed by atoms with Gasteiger partial charge in [0, 0.05) is 17.5 Å². The molecule has 0 saturated carbocycles. The Balaban J connectivity index is 1.86. The minimum atomic E-state index is 0.937. The zero-order chi connectivity index (χ0) is 15.6. The molecule has 23 heavy (non-hydrogen) atoms. The van der Waals surface area contributed by atoms with Gasteiger partial charge in [0.1, 0.15) is 0 Å². The van der Waals surface area contributed by atoms with Gasteiger partial charge in [0.25, 0.3) is 0 Å². The van der Waals surface area contributed by atoms with E-state index >= 15 is 0 Å². The third-order valence-corrected chi connectivity index (χ3v) is 4.97. The number of nitrogens with zero attached hydrogens (tertiary/aromatic N) is 2. The highest BCUT2D eigenvalue weighted by molar-refractivity contribution is 5.80. The zero-order valence-corrected chi connectivity index (χ0v) is 13.2. The Labute approximate surface area is 134 Å². The average Bonchev–Trinajstić information content (AvgIpc) is 2.91. The van der Waals surface area contributed by atoms with Crippen molar-refractivity contribution in [2.45, 2.75) is 20.3 Å². The summed E-state index contributed by atoms with van der Waals surface area (Å²) in [5, 5.41) is 2.09. The summed E-state index contributed by atoms with van der Waals surface area (Å²) in [4.78, 5) is 9.82. The van der Waals surface area contributed by atoms with Crippen molar-refractivity contribution < 1.29 is 0 Å². The lowest BCUT2D eigenvalue weighted by molar-refractivity contribution is 1.06. The molecule has 2 heteroatoms. The summed E-state index contributed by atoms with van der Waals surface area (Å²) in [6.45, 7) is 4.30. The second-order valence-electron chi connectivity index (χ2n) is 6.45. The van der Waals surface area contributed by atoms with E-state index in [0.717, 1.165) is 28.5 Å². The molecule has 2 aliphatic heterocycles. The van der Waals surface area contributed by atoms with E-state index < -0.39 is 0 Å². The van der Waals surface area contributed by atoms with Gasteiger partial charge in [-0.05, 0) is 54.3 Å². The SMILES string of the molecule is Cc1cc2c(cc1C)-c1ccc3c(c1=N2)=Nc1ccccc1C3. The molecule has 0 bridgehead atoms. The zero-order valence-electron chi connectivity index (χ0n) is 13.2. The Morgan fingerprint density at radius 2 is 1.48 bits per heavy atom. The first-order chi connectivity index (χ1) is 11.2. The quantitative estimate of drug-likeness (QED) is 0.411. The van der Waals surface area contributed by atoms with Crippen LogP contribution in [0.25, 0.3) is 11.1 Å². The minimum Gasteiger partial charge on any atom is -0.246 e. The lowest BCUT2D eigenvalue weighted by Crippen LogP contribution is -2.31. The van der Waals surface area contributed by atoms with Crippen LogP contribution in [0.15, 0.2) is 58.5 Å². The minimum absolute atomic E-state index is 0.937. The maximum absolute atomic E-state index is 4.91. The van der Waals surface area contributed by atoms with Crippen molar-refractivity contribution in [2.75, 3.05) is 0 Å². The van der Waals surface area contributed by atoms with Crippen LogP contribution in [0.1, 0.15) is 22.3 Å². The molecule has 3 aromatic rings. The molecule has 2 aliphatic rings. The predicted octanol–water partition coefficient (Wildman–Crippen LogP) is 4.09. The molecule has 0 fully saturated rings. The van der Waals surface area contributed by atoms with Crippen LogP contribution in [0.5, 0.6) is 0 Å². The topological polar surface area (TPSA) is 24.7 Å². The van der Waals surface area contributed by atoms with Gasteiger partial charge in [-0.15, -0.1) is 0 Å². The summed E-state index contributed by atoms with van der Waals surface area (Å²) < 4.78 is 0. The average molecular weight is 296 g/mol. The number of hydrogen-bond donors (Lipinski definition) is 0. The van der Waals surface area contributed by atoms with Crippen molar-refractivity contribution in [3.8, 4) is 11.1 Å². The molecule has 0 aliphatic carbocycles. The molecule has 3 aromatic carbocycles. The summed E-state index contributed by atoms with van der Waals surface area (Å²) in [5.41, 5.74) is 9.76. The smallest absolute Gasteiger partial charge is 0.0975 e. The number of fused-ring (bicyclic) bond motifs is 6. The lowest BCUT2D eigenvalue weighted by Gasteiger charge is -2.12. The molecule has 0 unspecified atom stereocenters. The Bertz CT molecular complexity index is 1110. The fourth-order valence-corrected chi connectivity index (χ4v) is 3.54. The van der Waals surface area contributed by atoms with Crippen molar-refractivity contribution in [1.82, 2.24) is 0 Å². The van der Waals surface area contributed by atoms with E-state index in [2.05, 4.69) is 62.4 Å². The van der Waals surface area contributed by atoms with Gasteiger partial charge in [-0.25, -0.2) is 9.98 Å². The molecule has 0 aromatic heterocycles. The van der Waals surface area contributed by atoms with E-state index in [1.54, 1.807) is 0 Å². The molecule has 0 N–H and O–H groups in total. The van der Waals surface area contributed by atoms with Crippen molar-refractivity contribution in [3.05, 3.63) is 81.5 Å². The van der Waals surface area contributed by atoms with Crippen molar-refractivity contribution in [2.24, 2.45) is 9.98 Å². The molecule has 0 amide bonds. The molecular formula is C21H16N2. The van der Waals surface area contributed by atoms with Gasteiger partial charge in [0.2, 0.25) is 0 Å². The highest BCUT2D eigenvalue weighted by Crippen LogP contribution is 2.35. The number of hydrogen-bond acceptors (Lipinski definition) is 2. The largest absolute Gasteiger partial charge is 0.246 e. The van der Waals surface area contributed by atoms with Crippen molar-refractivity contribution in [1.29, 1.82) is 0 Å².